The van der Waals surface area contributed by atoms with Crippen LogP contribution in [0.1, 0.15) is 6.42 Å². The number of nitrogens with zero attached hydrogens (tertiary/aromatic N) is 1. The molecule has 0 fully saturated rings. The minimum atomic E-state index is -0.128. The number of hydrogen-bond acceptors (Lipinski definition) is 4. The second-order valence-corrected chi connectivity index (χ2v) is 2.47. The van der Waals surface area contributed by atoms with E-state index in [0.717, 1.165) is 0 Å². The number of rotatable bonds is 6. The maximum Gasteiger partial charge on any atom is 0.221 e. The van der Waals surface area contributed by atoms with Crippen LogP contribution in [0.5, 0.6) is 0 Å². The summed E-state index contributed by atoms with van der Waals surface area (Å²) < 4.78 is 4.75. The van der Waals surface area contributed by atoms with Gasteiger partial charge in [0.25, 0.3) is 0 Å². The summed E-state index contributed by atoms with van der Waals surface area (Å²) in [6.07, 6.45) is 0.228. The van der Waals surface area contributed by atoms with Gasteiger partial charge in [0.2, 0.25) is 11.9 Å². The average molecular weight is 204 g/mol. The number of hydroxylamine groups is 1. The molecule has 0 aliphatic carbocycles. The molecule has 0 aromatic heterocycles. The van der Waals surface area contributed by atoms with Gasteiger partial charge in [0.05, 0.1) is 13.2 Å². The molecule has 0 spiro atoms. The van der Waals surface area contributed by atoms with Gasteiger partial charge in [-0.15, -0.1) is 0 Å². The second-order valence-electron chi connectivity index (χ2n) is 2.47. The Morgan fingerprint density at radius 3 is 2.93 bits per heavy atom. The maximum atomic E-state index is 11.0. The zero-order valence-electron chi connectivity index (χ0n) is 8.12. The maximum absolute atomic E-state index is 11.0. The largest absolute Gasteiger partial charge is 0.383 e. The van der Waals surface area contributed by atoms with E-state index in [9.17, 15) is 4.79 Å². The van der Waals surface area contributed by atoms with Gasteiger partial charge in [0.1, 0.15) is 0 Å². The lowest BCUT2D eigenvalue weighted by Gasteiger charge is -2.02. The molecule has 0 aromatic carbocycles. The summed E-state index contributed by atoms with van der Waals surface area (Å²) in [4.78, 5) is 14.7. The Balaban J connectivity index is 3.44. The van der Waals surface area contributed by atoms with Crippen LogP contribution in [0.15, 0.2) is 4.99 Å². The number of nitrogens with two attached hydrogens (primary N) is 1. The fourth-order valence-corrected chi connectivity index (χ4v) is 0.694. The standard InChI is InChI=1S/C7H16N4O3/c1-14-5-4-9-6(12)2-3-10-7(8)11-13/h13H,2-5H2,1H3,(H,9,12)(H3,8,10,11). The zero-order chi connectivity index (χ0) is 10.8. The molecule has 0 atom stereocenters. The topological polar surface area (TPSA) is 109 Å². The first-order valence-corrected chi connectivity index (χ1v) is 4.16. The summed E-state index contributed by atoms with van der Waals surface area (Å²) in [6, 6.07) is 0. The first-order valence-electron chi connectivity index (χ1n) is 4.16. The van der Waals surface area contributed by atoms with Gasteiger partial charge in [-0.3, -0.25) is 15.0 Å². The fraction of sp³-hybridized carbons (Fsp3) is 0.714. The van der Waals surface area contributed by atoms with Crippen molar-refractivity contribution >= 4 is 11.9 Å². The quantitative estimate of drug-likeness (QED) is 0.181. The average Bonchev–Trinajstić information content (AvgIpc) is 2.18. The second kappa shape index (κ2) is 8.27. The molecule has 14 heavy (non-hydrogen) atoms. The Morgan fingerprint density at radius 1 is 1.64 bits per heavy atom. The molecule has 0 unspecified atom stereocenters. The van der Waals surface area contributed by atoms with Crippen molar-refractivity contribution in [3.63, 3.8) is 0 Å². The molecule has 1 amide bonds. The van der Waals surface area contributed by atoms with Crippen LogP contribution in [-0.2, 0) is 9.53 Å². The van der Waals surface area contributed by atoms with Gasteiger partial charge < -0.3 is 15.8 Å². The number of nitrogens with one attached hydrogen (secondary N) is 2. The molecule has 0 saturated carbocycles. The number of ether oxygens (including phenoxy) is 1. The van der Waals surface area contributed by atoms with Crippen molar-refractivity contribution in [2.24, 2.45) is 10.7 Å². The molecule has 0 bridgehead atoms. The van der Waals surface area contributed by atoms with Crippen LogP contribution >= 0.6 is 0 Å². The van der Waals surface area contributed by atoms with Crippen molar-refractivity contribution in [2.75, 3.05) is 26.8 Å². The van der Waals surface area contributed by atoms with E-state index in [1.54, 1.807) is 12.6 Å². The third-order valence-corrected chi connectivity index (χ3v) is 1.36. The van der Waals surface area contributed by atoms with E-state index < -0.39 is 0 Å². The number of aliphatic imine (C=N–C) groups is 1. The number of carbonyl (C=O) groups excluding carboxylic acids is 1. The molecular formula is C7H16N4O3. The Kier molecular flexibility index (Phi) is 7.48. The van der Waals surface area contributed by atoms with Gasteiger partial charge in [-0.25, -0.2) is 5.48 Å². The highest BCUT2D eigenvalue weighted by Crippen LogP contribution is 1.81. The number of hydrogen-bond donors (Lipinski definition) is 4. The first kappa shape index (κ1) is 12.7. The van der Waals surface area contributed by atoms with Crippen LogP contribution in [-0.4, -0.2) is 43.9 Å². The van der Waals surface area contributed by atoms with Crippen LogP contribution in [0.3, 0.4) is 0 Å². The Morgan fingerprint density at radius 2 is 2.36 bits per heavy atom. The van der Waals surface area contributed by atoms with Gasteiger partial charge in [-0.05, 0) is 0 Å². The van der Waals surface area contributed by atoms with Crippen molar-refractivity contribution in [1.82, 2.24) is 10.8 Å². The molecule has 0 aromatic rings. The third-order valence-electron chi connectivity index (χ3n) is 1.36. The SMILES string of the molecule is COCCNC(=O)CCN=C(N)NO. The summed E-state index contributed by atoms with van der Waals surface area (Å²) in [5.74, 6) is -0.230. The lowest BCUT2D eigenvalue weighted by atomic mass is 10.4. The number of carbonyl (C=O) groups is 1. The summed E-state index contributed by atoms with van der Waals surface area (Å²) in [7, 11) is 1.56. The third kappa shape index (κ3) is 7.32. The first-order chi connectivity index (χ1) is 6.70. The van der Waals surface area contributed by atoms with Crippen LogP contribution in [0.4, 0.5) is 0 Å². The smallest absolute Gasteiger partial charge is 0.221 e. The molecule has 0 heterocycles. The Hall–Kier alpha value is -1.34. The van der Waals surface area contributed by atoms with Crippen molar-refractivity contribution in [3.8, 4) is 0 Å². The molecule has 82 valence electrons. The molecule has 0 aliphatic rings. The van der Waals surface area contributed by atoms with E-state index in [1.165, 1.54) is 0 Å². The van der Waals surface area contributed by atoms with E-state index in [0.29, 0.717) is 13.2 Å². The van der Waals surface area contributed by atoms with Crippen molar-refractivity contribution < 1.29 is 14.7 Å². The molecule has 0 saturated heterocycles. The molecule has 0 aliphatic heterocycles. The minimum absolute atomic E-state index is 0.102. The Bertz CT molecular complexity index is 195. The number of amides is 1. The van der Waals surface area contributed by atoms with Gasteiger partial charge in [-0.2, -0.15) is 0 Å². The van der Waals surface area contributed by atoms with Crippen LogP contribution < -0.4 is 16.5 Å². The van der Waals surface area contributed by atoms with Crippen LogP contribution in [0, 0.1) is 0 Å². The summed E-state index contributed by atoms with van der Waals surface area (Å²) in [5, 5.41) is 10.9. The van der Waals surface area contributed by atoms with Crippen molar-refractivity contribution in [3.05, 3.63) is 0 Å². The molecule has 5 N–H and O–H groups in total. The van der Waals surface area contributed by atoms with Gasteiger partial charge in [0, 0.05) is 20.1 Å². The summed E-state index contributed by atoms with van der Waals surface area (Å²) in [5.41, 5.74) is 6.79. The fourth-order valence-electron chi connectivity index (χ4n) is 0.694. The number of guanidine groups is 1. The van der Waals surface area contributed by atoms with E-state index in [4.69, 9.17) is 15.7 Å². The lowest BCUT2D eigenvalue weighted by molar-refractivity contribution is -0.121. The molecule has 0 rings (SSSR count). The summed E-state index contributed by atoms with van der Waals surface area (Å²) in [6.45, 7) is 1.19. The Labute approximate surface area is 82.3 Å². The molecule has 7 nitrogen and oxygen atoms in total. The number of methoxy groups -OCH3 is 1. The highest BCUT2D eigenvalue weighted by atomic mass is 16.5. The predicted molar refractivity (Wildman–Crippen MR) is 50.9 cm³/mol. The normalized spacial score (nSPS) is 11.1. The van der Waals surface area contributed by atoms with Gasteiger partial charge in [0.15, 0.2) is 0 Å². The predicted octanol–water partition coefficient (Wildman–Crippen LogP) is -1.57. The van der Waals surface area contributed by atoms with Gasteiger partial charge in [-0.1, -0.05) is 0 Å². The minimum Gasteiger partial charge on any atom is -0.383 e. The van der Waals surface area contributed by atoms with E-state index in [2.05, 4.69) is 10.3 Å². The zero-order valence-corrected chi connectivity index (χ0v) is 8.12. The van der Waals surface area contributed by atoms with Crippen LogP contribution in [0.2, 0.25) is 0 Å². The lowest BCUT2D eigenvalue weighted by Crippen LogP contribution is -2.30. The van der Waals surface area contributed by atoms with Gasteiger partial charge >= 0.3 is 0 Å². The van der Waals surface area contributed by atoms with Crippen LogP contribution in [0.25, 0.3) is 0 Å². The van der Waals surface area contributed by atoms with E-state index >= 15 is 0 Å². The molecule has 7 heteroatoms. The highest BCUT2D eigenvalue weighted by molar-refractivity contribution is 5.78. The highest BCUT2D eigenvalue weighted by Gasteiger charge is 1.98. The molecule has 0 radical (unpaired) electrons. The molecular weight excluding hydrogens is 188 g/mol. The van der Waals surface area contributed by atoms with E-state index in [-0.39, 0.29) is 24.8 Å². The monoisotopic (exact) mass is 204 g/mol. The van der Waals surface area contributed by atoms with E-state index in [1.807, 2.05) is 0 Å². The van der Waals surface area contributed by atoms with Crippen molar-refractivity contribution in [2.45, 2.75) is 6.42 Å². The van der Waals surface area contributed by atoms with Crippen molar-refractivity contribution in [1.29, 1.82) is 0 Å². The summed E-state index contributed by atoms with van der Waals surface area (Å²) >= 11 is 0.